The molecule has 0 unspecified atom stereocenters. The SMILES string of the molecule is Nc1nc(NCC2CCCCC2)c(Cl)cc1Cl. The monoisotopic (exact) mass is 273 g/mol. The molecular formula is C12H17Cl2N3. The van der Waals surface area contributed by atoms with Crippen LogP contribution in [-0.2, 0) is 0 Å². The van der Waals surface area contributed by atoms with Crippen LogP contribution < -0.4 is 11.1 Å². The highest BCUT2D eigenvalue weighted by Crippen LogP contribution is 2.29. The molecule has 0 aromatic carbocycles. The van der Waals surface area contributed by atoms with E-state index in [1.165, 1.54) is 32.1 Å². The predicted molar refractivity (Wildman–Crippen MR) is 73.7 cm³/mol. The highest BCUT2D eigenvalue weighted by molar-refractivity contribution is 6.37. The minimum atomic E-state index is 0.321. The van der Waals surface area contributed by atoms with Crippen molar-refractivity contribution in [3.63, 3.8) is 0 Å². The first-order valence-electron chi connectivity index (χ1n) is 6.02. The van der Waals surface area contributed by atoms with Gasteiger partial charge in [-0.2, -0.15) is 0 Å². The second-order valence-corrected chi connectivity index (χ2v) is 5.39. The molecule has 3 N–H and O–H groups in total. The lowest BCUT2D eigenvalue weighted by Crippen LogP contribution is -2.18. The molecule has 1 heterocycles. The predicted octanol–water partition coefficient (Wildman–Crippen LogP) is 3.96. The second-order valence-electron chi connectivity index (χ2n) is 4.57. The van der Waals surface area contributed by atoms with Crippen molar-refractivity contribution >= 4 is 34.8 Å². The molecular weight excluding hydrogens is 257 g/mol. The standard InChI is InChI=1S/C12H17Cl2N3/c13-9-6-10(14)12(17-11(9)15)16-7-8-4-2-1-3-5-8/h6,8H,1-5,7H2,(H3,15,16,17). The summed E-state index contributed by atoms with van der Waals surface area (Å²) in [6, 6.07) is 1.63. The van der Waals surface area contributed by atoms with Crippen LogP contribution in [0.1, 0.15) is 32.1 Å². The third-order valence-electron chi connectivity index (χ3n) is 3.24. The quantitative estimate of drug-likeness (QED) is 0.877. The smallest absolute Gasteiger partial charge is 0.147 e. The Morgan fingerprint density at radius 3 is 2.65 bits per heavy atom. The fourth-order valence-corrected chi connectivity index (χ4v) is 2.66. The van der Waals surface area contributed by atoms with Crippen molar-refractivity contribution in [1.82, 2.24) is 4.98 Å². The van der Waals surface area contributed by atoms with E-state index in [1.54, 1.807) is 6.07 Å². The van der Waals surface area contributed by atoms with E-state index in [2.05, 4.69) is 10.3 Å². The van der Waals surface area contributed by atoms with E-state index in [4.69, 9.17) is 28.9 Å². The second kappa shape index (κ2) is 5.78. The van der Waals surface area contributed by atoms with E-state index < -0.39 is 0 Å². The van der Waals surface area contributed by atoms with Gasteiger partial charge < -0.3 is 11.1 Å². The first-order valence-corrected chi connectivity index (χ1v) is 6.78. The Morgan fingerprint density at radius 2 is 1.94 bits per heavy atom. The van der Waals surface area contributed by atoms with Gasteiger partial charge in [-0.15, -0.1) is 0 Å². The molecule has 0 saturated heterocycles. The lowest BCUT2D eigenvalue weighted by molar-refractivity contribution is 0.373. The summed E-state index contributed by atoms with van der Waals surface area (Å²) < 4.78 is 0. The number of pyridine rings is 1. The van der Waals surface area contributed by atoms with Crippen molar-refractivity contribution in [2.75, 3.05) is 17.6 Å². The fourth-order valence-electron chi connectivity index (χ4n) is 2.24. The maximum atomic E-state index is 6.05. The Morgan fingerprint density at radius 1 is 1.24 bits per heavy atom. The molecule has 0 atom stereocenters. The molecule has 0 bridgehead atoms. The molecule has 1 saturated carbocycles. The lowest BCUT2D eigenvalue weighted by atomic mass is 9.89. The third kappa shape index (κ3) is 3.39. The number of anilines is 2. The van der Waals surface area contributed by atoms with E-state index in [1.807, 2.05) is 0 Å². The Bertz CT molecular complexity index is 390. The summed E-state index contributed by atoms with van der Waals surface area (Å²) in [5.41, 5.74) is 5.66. The molecule has 0 amide bonds. The first kappa shape index (κ1) is 12.8. The average molecular weight is 274 g/mol. The third-order valence-corrected chi connectivity index (χ3v) is 3.83. The van der Waals surface area contributed by atoms with Gasteiger partial charge in [-0.1, -0.05) is 42.5 Å². The van der Waals surface area contributed by atoms with Gasteiger partial charge in [0.1, 0.15) is 11.6 Å². The molecule has 94 valence electrons. The highest BCUT2D eigenvalue weighted by Gasteiger charge is 2.14. The Labute approximate surface area is 112 Å². The van der Waals surface area contributed by atoms with Gasteiger partial charge in [0.2, 0.25) is 0 Å². The zero-order chi connectivity index (χ0) is 12.3. The van der Waals surface area contributed by atoms with Crippen molar-refractivity contribution in [3.05, 3.63) is 16.1 Å². The molecule has 0 aliphatic heterocycles. The minimum Gasteiger partial charge on any atom is -0.382 e. The molecule has 3 nitrogen and oxygen atoms in total. The van der Waals surface area contributed by atoms with E-state index in [9.17, 15) is 0 Å². The Kier molecular flexibility index (Phi) is 4.35. The summed E-state index contributed by atoms with van der Waals surface area (Å²) in [6.07, 6.45) is 6.59. The number of nitrogen functional groups attached to an aromatic ring is 1. The molecule has 1 aliphatic rings. The van der Waals surface area contributed by atoms with Crippen LogP contribution in [0, 0.1) is 5.92 Å². The number of aromatic nitrogens is 1. The maximum Gasteiger partial charge on any atom is 0.147 e. The van der Waals surface area contributed by atoms with Gasteiger partial charge >= 0.3 is 0 Å². The number of hydrogen-bond acceptors (Lipinski definition) is 3. The van der Waals surface area contributed by atoms with E-state index in [0.29, 0.717) is 21.7 Å². The van der Waals surface area contributed by atoms with E-state index >= 15 is 0 Å². The number of nitrogens with two attached hydrogens (primary N) is 1. The molecule has 5 heteroatoms. The van der Waals surface area contributed by atoms with Crippen LogP contribution in [0.2, 0.25) is 10.0 Å². The summed E-state index contributed by atoms with van der Waals surface area (Å²) >= 11 is 11.9. The van der Waals surface area contributed by atoms with Gasteiger partial charge in [-0.3, -0.25) is 0 Å². The fraction of sp³-hybridized carbons (Fsp3) is 0.583. The van der Waals surface area contributed by atoms with Crippen LogP contribution in [0.5, 0.6) is 0 Å². The maximum absolute atomic E-state index is 6.05. The van der Waals surface area contributed by atoms with Crippen LogP contribution in [0.25, 0.3) is 0 Å². The number of halogens is 2. The average Bonchev–Trinajstić information content (AvgIpc) is 2.33. The van der Waals surface area contributed by atoms with Crippen LogP contribution >= 0.6 is 23.2 Å². The zero-order valence-electron chi connectivity index (χ0n) is 9.68. The molecule has 1 aliphatic carbocycles. The summed E-state index contributed by atoms with van der Waals surface area (Å²) in [7, 11) is 0. The van der Waals surface area contributed by atoms with Crippen LogP contribution in [0.15, 0.2) is 6.07 Å². The van der Waals surface area contributed by atoms with Crippen LogP contribution in [0.4, 0.5) is 11.6 Å². The summed E-state index contributed by atoms with van der Waals surface area (Å²) in [6.45, 7) is 0.911. The number of nitrogens with zero attached hydrogens (tertiary/aromatic N) is 1. The highest BCUT2D eigenvalue weighted by atomic mass is 35.5. The molecule has 17 heavy (non-hydrogen) atoms. The summed E-state index contributed by atoms with van der Waals surface area (Å²) in [4.78, 5) is 4.16. The Hall–Kier alpha value is -0.670. The van der Waals surface area contributed by atoms with Gasteiger partial charge in [0.25, 0.3) is 0 Å². The molecule has 0 radical (unpaired) electrons. The van der Waals surface area contributed by atoms with Crippen molar-refractivity contribution < 1.29 is 0 Å². The molecule has 1 fully saturated rings. The van der Waals surface area contributed by atoms with Crippen LogP contribution in [-0.4, -0.2) is 11.5 Å². The molecule has 1 aromatic heterocycles. The van der Waals surface area contributed by atoms with Crippen molar-refractivity contribution in [3.8, 4) is 0 Å². The van der Waals surface area contributed by atoms with E-state index in [-0.39, 0.29) is 0 Å². The van der Waals surface area contributed by atoms with Crippen LogP contribution in [0.3, 0.4) is 0 Å². The van der Waals surface area contributed by atoms with Gasteiger partial charge in [0.15, 0.2) is 0 Å². The Balaban J connectivity index is 1.96. The number of nitrogens with one attached hydrogen (secondary N) is 1. The van der Waals surface area contributed by atoms with Crippen molar-refractivity contribution in [2.45, 2.75) is 32.1 Å². The first-order chi connectivity index (χ1) is 8.16. The van der Waals surface area contributed by atoms with Crippen molar-refractivity contribution in [1.29, 1.82) is 0 Å². The van der Waals surface area contributed by atoms with E-state index in [0.717, 1.165) is 12.5 Å². The van der Waals surface area contributed by atoms with Crippen molar-refractivity contribution in [2.24, 2.45) is 5.92 Å². The number of hydrogen-bond donors (Lipinski definition) is 2. The van der Waals surface area contributed by atoms with Gasteiger partial charge in [0, 0.05) is 6.54 Å². The summed E-state index contributed by atoms with van der Waals surface area (Å²) in [5.74, 6) is 1.68. The van der Waals surface area contributed by atoms with Gasteiger partial charge in [-0.05, 0) is 24.8 Å². The zero-order valence-corrected chi connectivity index (χ0v) is 11.2. The minimum absolute atomic E-state index is 0.321. The van der Waals surface area contributed by atoms with Gasteiger partial charge in [0.05, 0.1) is 10.0 Å². The normalized spacial score (nSPS) is 17.1. The number of rotatable bonds is 3. The molecule has 1 aromatic rings. The summed E-state index contributed by atoms with van der Waals surface area (Å²) in [5, 5.41) is 4.20. The van der Waals surface area contributed by atoms with Gasteiger partial charge in [-0.25, -0.2) is 4.98 Å². The largest absolute Gasteiger partial charge is 0.382 e. The molecule has 2 rings (SSSR count). The molecule has 0 spiro atoms. The topological polar surface area (TPSA) is 50.9 Å². The lowest BCUT2D eigenvalue weighted by Gasteiger charge is -2.22.